The SMILES string of the molecule is CCCc1nc(C)c2c(n1)N(Cc1ccc(Br)cc1)C(=O)CC2. The van der Waals surface area contributed by atoms with E-state index in [1.54, 1.807) is 0 Å². The van der Waals surface area contributed by atoms with Crippen LogP contribution in [0.15, 0.2) is 28.7 Å². The Balaban J connectivity index is 1.97. The molecule has 0 aliphatic carbocycles. The van der Waals surface area contributed by atoms with Gasteiger partial charge in [0.2, 0.25) is 5.91 Å². The molecule has 1 aliphatic rings. The minimum atomic E-state index is 0.140. The average Bonchev–Trinajstić information content (AvgIpc) is 2.52. The number of halogens is 1. The summed E-state index contributed by atoms with van der Waals surface area (Å²) in [5, 5.41) is 0. The Bertz CT molecular complexity index is 728. The quantitative estimate of drug-likeness (QED) is 0.813. The lowest BCUT2D eigenvalue weighted by molar-refractivity contribution is -0.119. The Morgan fingerprint density at radius 3 is 2.61 bits per heavy atom. The molecule has 0 saturated heterocycles. The maximum atomic E-state index is 12.5. The van der Waals surface area contributed by atoms with Crippen molar-refractivity contribution in [1.29, 1.82) is 0 Å². The summed E-state index contributed by atoms with van der Waals surface area (Å²) in [5.74, 6) is 1.78. The van der Waals surface area contributed by atoms with Gasteiger partial charge in [0.25, 0.3) is 0 Å². The van der Waals surface area contributed by atoms with Gasteiger partial charge in [-0.15, -0.1) is 0 Å². The minimum absolute atomic E-state index is 0.140. The van der Waals surface area contributed by atoms with Crippen LogP contribution in [0.3, 0.4) is 0 Å². The van der Waals surface area contributed by atoms with E-state index in [0.29, 0.717) is 13.0 Å². The highest BCUT2D eigenvalue weighted by atomic mass is 79.9. The normalized spacial score (nSPS) is 14.0. The topological polar surface area (TPSA) is 46.1 Å². The summed E-state index contributed by atoms with van der Waals surface area (Å²) >= 11 is 3.44. The molecule has 0 radical (unpaired) electrons. The van der Waals surface area contributed by atoms with E-state index in [0.717, 1.165) is 52.2 Å². The number of nitrogens with zero attached hydrogens (tertiary/aromatic N) is 3. The summed E-state index contributed by atoms with van der Waals surface area (Å²) in [6.07, 6.45) is 3.11. The van der Waals surface area contributed by atoms with E-state index in [1.807, 2.05) is 36.1 Å². The first-order valence-electron chi connectivity index (χ1n) is 7.99. The first-order chi connectivity index (χ1) is 11.1. The van der Waals surface area contributed by atoms with Crippen molar-refractivity contribution >= 4 is 27.7 Å². The molecule has 0 N–H and O–H groups in total. The molecule has 0 spiro atoms. The molecule has 2 aromatic rings. The number of anilines is 1. The predicted molar refractivity (Wildman–Crippen MR) is 94.4 cm³/mol. The Morgan fingerprint density at radius 1 is 1.17 bits per heavy atom. The van der Waals surface area contributed by atoms with Crippen LogP contribution in [0, 0.1) is 6.92 Å². The molecular weight excluding hydrogens is 354 g/mol. The van der Waals surface area contributed by atoms with Crippen LogP contribution in [0.2, 0.25) is 0 Å². The fourth-order valence-electron chi connectivity index (χ4n) is 2.91. The van der Waals surface area contributed by atoms with Gasteiger partial charge in [-0.25, -0.2) is 9.97 Å². The van der Waals surface area contributed by atoms with Gasteiger partial charge in [-0.1, -0.05) is 35.0 Å². The second-order valence-corrected chi connectivity index (χ2v) is 6.80. The number of fused-ring (bicyclic) bond motifs is 1. The minimum Gasteiger partial charge on any atom is -0.292 e. The molecule has 4 nitrogen and oxygen atoms in total. The van der Waals surface area contributed by atoms with Crippen molar-refractivity contribution in [2.45, 2.75) is 46.1 Å². The lowest BCUT2D eigenvalue weighted by atomic mass is 10.0. The van der Waals surface area contributed by atoms with Gasteiger partial charge in [0.15, 0.2) is 0 Å². The zero-order chi connectivity index (χ0) is 16.4. The summed E-state index contributed by atoms with van der Waals surface area (Å²) in [6, 6.07) is 8.07. The molecule has 3 rings (SSSR count). The van der Waals surface area contributed by atoms with Gasteiger partial charge < -0.3 is 0 Å². The fourth-order valence-corrected chi connectivity index (χ4v) is 3.17. The number of carbonyl (C=O) groups is 1. The molecule has 0 atom stereocenters. The summed E-state index contributed by atoms with van der Waals surface area (Å²) < 4.78 is 1.04. The summed E-state index contributed by atoms with van der Waals surface area (Å²) in [4.78, 5) is 23.6. The van der Waals surface area contributed by atoms with E-state index in [4.69, 9.17) is 4.98 Å². The molecule has 0 fully saturated rings. The second kappa shape index (κ2) is 6.79. The second-order valence-electron chi connectivity index (χ2n) is 5.88. The summed E-state index contributed by atoms with van der Waals surface area (Å²) in [5.41, 5.74) is 3.22. The summed E-state index contributed by atoms with van der Waals surface area (Å²) in [7, 11) is 0. The number of aromatic nitrogens is 2. The number of hydrogen-bond acceptors (Lipinski definition) is 3. The van der Waals surface area contributed by atoms with Crippen LogP contribution in [0.4, 0.5) is 5.82 Å². The number of rotatable bonds is 4. The Labute approximate surface area is 145 Å². The third kappa shape index (κ3) is 3.44. The van der Waals surface area contributed by atoms with Gasteiger partial charge in [0.1, 0.15) is 11.6 Å². The van der Waals surface area contributed by atoms with Crippen LogP contribution in [0.25, 0.3) is 0 Å². The van der Waals surface area contributed by atoms with Crippen molar-refractivity contribution in [2.24, 2.45) is 0 Å². The van der Waals surface area contributed by atoms with Crippen molar-refractivity contribution in [3.8, 4) is 0 Å². The Morgan fingerprint density at radius 2 is 1.91 bits per heavy atom. The van der Waals surface area contributed by atoms with Crippen LogP contribution in [0.1, 0.15) is 42.4 Å². The molecule has 0 bridgehead atoms. The van der Waals surface area contributed by atoms with E-state index < -0.39 is 0 Å². The van der Waals surface area contributed by atoms with Crippen molar-refractivity contribution in [1.82, 2.24) is 9.97 Å². The number of benzene rings is 1. The van der Waals surface area contributed by atoms with Gasteiger partial charge in [0.05, 0.1) is 6.54 Å². The third-order valence-corrected chi connectivity index (χ3v) is 4.64. The van der Waals surface area contributed by atoms with Gasteiger partial charge in [-0.05, 0) is 37.5 Å². The average molecular weight is 374 g/mol. The lowest BCUT2D eigenvalue weighted by Crippen LogP contribution is -2.36. The van der Waals surface area contributed by atoms with Crippen LogP contribution in [0.5, 0.6) is 0 Å². The molecule has 1 amide bonds. The molecule has 5 heteroatoms. The molecule has 120 valence electrons. The molecule has 1 aromatic carbocycles. The number of hydrogen-bond donors (Lipinski definition) is 0. The smallest absolute Gasteiger partial charge is 0.228 e. The van der Waals surface area contributed by atoms with Crippen molar-refractivity contribution < 1.29 is 4.79 Å². The standard InChI is InChI=1S/C18H20BrN3O/c1-3-4-16-20-12(2)15-9-10-17(23)22(18(15)21-16)11-13-5-7-14(19)8-6-13/h5-8H,3-4,9-11H2,1-2H3. The van der Waals surface area contributed by atoms with Gasteiger partial charge in [0, 0.05) is 28.6 Å². The van der Waals surface area contributed by atoms with Gasteiger partial charge in [-0.3, -0.25) is 9.69 Å². The van der Waals surface area contributed by atoms with Crippen LogP contribution < -0.4 is 4.90 Å². The van der Waals surface area contributed by atoms with Crippen LogP contribution in [-0.2, 0) is 24.2 Å². The van der Waals surface area contributed by atoms with E-state index in [2.05, 4.69) is 27.8 Å². The van der Waals surface area contributed by atoms with Gasteiger partial charge >= 0.3 is 0 Å². The summed E-state index contributed by atoms with van der Waals surface area (Å²) in [6.45, 7) is 4.69. The van der Waals surface area contributed by atoms with E-state index in [9.17, 15) is 4.79 Å². The molecule has 23 heavy (non-hydrogen) atoms. The molecule has 0 unspecified atom stereocenters. The van der Waals surface area contributed by atoms with Gasteiger partial charge in [-0.2, -0.15) is 0 Å². The fraction of sp³-hybridized carbons (Fsp3) is 0.389. The first kappa shape index (κ1) is 16.1. The first-order valence-corrected chi connectivity index (χ1v) is 8.79. The van der Waals surface area contributed by atoms with Crippen molar-refractivity contribution in [2.75, 3.05) is 4.90 Å². The molecule has 1 aliphatic heterocycles. The predicted octanol–water partition coefficient (Wildman–Crippen LogP) is 3.98. The zero-order valence-electron chi connectivity index (χ0n) is 13.5. The van der Waals surface area contributed by atoms with Crippen LogP contribution in [-0.4, -0.2) is 15.9 Å². The monoisotopic (exact) mass is 373 g/mol. The number of amides is 1. The zero-order valence-corrected chi connectivity index (χ0v) is 15.1. The number of carbonyl (C=O) groups excluding carboxylic acids is 1. The Kier molecular flexibility index (Phi) is 4.76. The number of aryl methyl sites for hydroxylation is 2. The molecular formula is C18H20BrN3O. The van der Waals surface area contributed by atoms with E-state index in [-0.39, 0.29) is 5.91 Å². The maximum Gasteiger partial charge on any atom is 0.228 e. The molecule has 1 aromatic heterocycles. The lowest BCUT2D eigenvalue weighted by Gasteiger charge is -2.29. The largest absolute Gasteiger partial charge is 0.292 e. The highest BCUT2D eigenvalue weighted by molar-refractivity contribution is 9.10. The third-order valence-electron chi connectivity index (χ3n) is 4.11. The Hall–Kier alpha value is -1.75. The maximum absolute atomic E-state index is 12.5. The van der Waals surface area contributed by atoms with E-state index >= 15 is 0 Å². The van der Waals surface area contributed by atoms with Crippen molar-refractivity contribution in [3.63, 3.8) is 0 Å². The van der Waals surface area contributed by atoms with E-state index in [1.165, 1.54) is 0 Å². The highest BCUT2D eigenvalue weighted by Crippen LogP contribution is 2.29. The highest BCUT2D eigenvalue weighted by Gasteiger charge is 2.28. The molecule has 2 heterocycles. The molecule has 0 saturated carbocycles. The van der Waals surface area contributed by atoms with Crippen molar-refractivity contribution in [3.05, 3.63) is 51.4 Å². The van der Waals surface area contributed by atoms with Crippen LogP contribution >= 0.6 is 15.9 Å².